The van der Waals surface area contributed by atoms with Crippen LogP contribution in [0.4, 0.5) is 0 Å². The first-order valence-electron chi connectivity index (χ1n) is 8.43. The number of ether oxygens (including phenoxy) is 1. The van der Waals surface area contributed by atoms with Crippen LogP contribution in [0.15, 0.2) is 40.2 Å². The van der Waals surface area contributed by atoms with Crippen LogP contribution in [0.3, 0.4) is 0 Å². The van der Waals surface area contributed by atoms with Gasteiger partial charge in [-0.2, -0.15) is 0 Å². The molecule has 3 aromatic rings. The molecular formula is C18H22N4O4. The third-order valence-electron chi connectivity index (χ3n) is 4.40. The van der Waals surface area contributed by atoms with Crippen molar-refractivity contribution in [3.05, 3.63) is 57.0 Å². The van der Waals surface area contributed by atoms with E-state index in [0.29, 0.717) is 11.4 Å². The average molecular weight is 358 g/mol. The number of benzene rings is 1. The van der Waals surface area contributed by atoms with Crippen LogP contribution in [0.5, 0.6) is 5.75 Å². The molecule has 0 fully saturated rings. The summed E-state index contributed by atoms with van der Waals surface area (Å²) in [6.07, 6.45) is 1.57. The first kappa shape index (κ1) is 17.9. The van der Waals surface area contributed by atoms with E-state index in [0.717, 1.165) is 11.0 Å². The lowest BCUT2D eigenvalue weighted by molar-refractivity contribution is 0.0933. The van der Waals surface area contributed by atoms with Crippen LogP contribution in [0.1, 0.15) is 12.5 Å². The Balaban J connectivity index is 1.76. The molecule has 0 saturated heterocycles. The molecule has 3 rings (SSSR count). The van der Waals surface area contributed by atoms with Gasteiger partial charge in [0.15, 0.2) is 11.2 Å². The standard InChI is InChI=1S/C18H22N4O4/c1-4-12-5-7-14(8-6-12)26-10-13(23)9-22-11-19-16-15(22)17(24)21(3)18(25)20(16)2/h5-8,11,13,23H,4,9-10H2,1-3H3/t13-/m1/s1. The molecule has 8 heteroatoms. The minimum atomic E-state index is -0.833. The fourth-order valence-electron chi connectivity index (χ4n) is 2.83. The van der Waals surface area contributed by atoms with E-state index in [-0.39, 0.29) is 18.7 Å². The van der Waals surface area contributed by atoms with Crippen molar-refractivity contribution in [1.29, 1.82) is 0 Å². The van der Waals surface area contributed by atoms with E-state index in [1.54, 1.807) is 11.6 Å². The van der Waals surface area contributed by atoms with Gasteiger partial charge in [0.25, 0.3) is 5.56 Å². The van der Waals surface area contributed by atoms with Crippen LogP contribution in [0.2, 0.25) is 0 Å². The van der Waals surface area contributed by atoms with E-state index in [2.05, 4.69) is 11.9 Å². The van der Waals surface area contributed by atoms with Crippen molar-refractivity contribution in [1.82, 2.24) is 18.7 Å². The molecule has 0 saturated carbocycles. The molecule has 138 valence electrons. The zero-order valence-corrected chi connectivity index (χ0v) is 15.0. The molecule has 26 heavy (non-hydrogen) atoms. The second kappa shape index (κ2) is 7.17. The largest absolute Gasteiger partial charge is 0.491 e. The molecule has 0 bridgehead atoms. The number of rotatable bonds is 6. The van der Waals surface area contributed by atoms with Crippen LogP contribution in [-0.2, 0) is 27.1 Å². The van der Waals surface area contributed by atoms with Crippen LogP contribution in [-0.4, -0.2) is 36.5 Å². The van der Waals surface area contributed by atoms with Gasteiger partial charge < -0.3 is 14.4 Å². The van der Waals surface area contributed by atoms with Crippen molar-refractivity contribution < 1.29 is 9.84 Å². The number of hydrogen-bond donors (Lipinski definition) is 1. The Morgan fingerprint density at radius 2 is 1.85 bits per heavy atom. The molecule has 1 N–H and O–H groups in total. The Bertz CT molecular complexity index is 1030. The number of aliphatic hydroxyl groups excluding tert-OH is 1. The number of nitrogens with zero attached hydrogens (tertiary/aromatic N) is 4. The van der Waals surface area contributed by atoms with Crippen LogP contribution in [0, 0.1) is 0 Å². The number of imidazole rings is 1. The second-order valence-corrected chi connectivity index (χ2v) is 6.24. The van der Waals surface area contributed by atoms with Crippen LogP contribution in [0.25, 0.3) is 11.2 Å². The molecule has 0 amide bonds. The predicted molar refractivity (Wildman–Crippen MR) is 97.5 cm³/mol. The maximum atomic E-state index is 12.4. The van der Waals surface area contributed by atoms with Gasteiger partial charge in [0.05, 0.1) is 12.9 Å². The first-order valence-corrected chi connectivity index (χ1v) is 8.43. The highest BCUT2D eigenvalue weighted by Crippen LogP contribution is 2.13. The van der Waals surface area contributed by atoms with Crippen molar-refractivity contribution >= 4 is 11.2 Å². The minimum Gasteiger partial charge on any atom is -0.491 e. The highest BCUT2D eigenvalue weighted by molar-refractivity contribution is 5.69. The molecule has 0 aliphatic carbocycles. The quantitative estimate of drug-likeness (QED) is 0.690. The summed E-state index contributed by atoms with van der Waals surface area (Å²) in [5, 5.41) is 10.3. The Labute approximate surface area is 149 Å². The molecule has 0 spiro atoms. The summed E-state index contributed by atoms with van der Waals surface area (Å²) in [5.41, 5.74) is 0.905. The lowest BCUT2D eigenvalue weighted by atomic mass is 10.2. The van der Waals surface area contributed by atoms with Crippen molar-refractivity contribution in [3.8, 4) is 5.75 Å². The number of fused-ring (bicyclic) bond motifs is 1. The van der Waals surface area contributed by atoms with Crippen molar-refractivity contribution in [2.24, 2.45) is 14.1 Å². The molecule has 2 heterocycles. The fourth-order valence-corrected chi connectivity index (χ4v) is 2.83. The summed E-state index contributed by atoms with van der Waals surface area (Å²) in [4.78, 5) is 28.5. The van der Waals surface area contributed by atoms with E-state index in [1.165, 1.54) is 23.5 Å². The molecular weight excluding hydrogens is 336 g/mol. The lowest BCUT2D eigenvalue weighted by Crippen LogP contribution is -2.38. The zero-order chi connectivity index (χ0) is 18.8. The van der Waals surface area contributed by atoms with Gasteiger partial charge in [-0.1, -0.05) is 19.1 Å². The zero-order valence-electron chi connectivity index (χ0n) is 15.0. The summed E-state index contributed by atoms with van der Waals surface area (Å²) in [5.74, 6) is 0.676. The topological polar surface area (TPSA) is 91.3 Å². The monoisotopic (exact) mass is 358 g/mol. The van der Waals surface area contributed by atoms with Crippen molar-refractivity contribution in [2.75, 3.05) is 6.61 Å². The van der Waals surface area contributed by atoms with Gasteiger partial charge >= 0.3 is 5.69 Å². The molecule has 0 aliphatic heterocycles. The van der Waals surface area contributed by atoms with Gasteiger partial charge in [-0.05, 0) is 24.1 Å². The fraction of sp³-hybridized carbons (Fsp3) is 0.389. The SMILES string of the molecule is CCc1ccc(OC[C@H](O)Cn2cnc3c2c(=O)n(C)c(=O)n3C)cc1. The smallest absolute Gasteiger partial charge is 0.332 e. The highest BCUT2D eigenvalue weighted by atomic mass is 16.5. The second-order valence-electron chi connectivity index (χ2n) is 6.24. The predicted octanol–water partition coefficient (Wildman–Crippen LogP) is 0.436. The van der Waals surface area contributed by atoms with E-state index in [1.807, 2.05) is 24.3 Å². The van der Waals surface area contributed by atoms with Gasteiger partial charge in [0, 0.05) is 14.1 Å². The van der Waals surface area contributed by atoms with Crippen LogP contribution >= 0.6 is 0 Å². The normalized spacial score (nSPS) is 12.5. The molecule has 0 radical (unpaired) electrons. The summed E-state index contributed by atoms with van der Waals surface area (Å²) in [7, 11) is 2.97. The number of hydrogen-bond acceptors (Lipinski definition) is 5. The number of aromatic nitrogens is 4. The van der Waals surface area contributed by atoms with Gasteiger partial charge in [0.2, 0.25) is 0 Å². The summed E-state index contributed by atoms with van der Waals surface area (Å²) >= 11 is 0. The van der Waals surface area contributed by atoms with Gasteiger partial charge in [-0.3, -0.25) is 13.9 Å². The first-order chi connectivity index (χ1) is 12.4. The third-order valence-corrected chi connectivity index (χ3v) is 4.40. The Morgan fingerprint density at radius 1 is 1.15 bits per heavy atom. The van der Waals surface area contributed by atoms with Crippen molar-refractivity contribution in [2.45, 2.75) is 26.0 Å². The highest BCUT2D eigenvalue weighted by Gasteiger charge is 2.16. The van der Waals surface area contributed by atoms with Crippen LogP contribution < -0.4 is 16.0 Å². The van der Waals surface area contributed by atoms with E-state index in [9.17, 15) is 14.7 Å². The molecule has 0 aliphatic rings. The third kappa shape index (κ3) is 3.28. The maximum Gasteiger partial charge on any atom is 0.332 e. The molecule has 0 unspecified atom stereocenters. The molecule has 1 aromatic carbocycles. The minimum absolute atomic E-state index is 0.0806. The lowest BCUT2D eigenvalue weighted by Gasteiger charge is -2.14. The number of aryl methyl sites for hydroxylation is 2. The molecule has 1 atom stereocenters. The van der Waals surface area contributed by atoms with E-state index >= 15 is 0 Å². The summed E-state index contributed by atoms with van der Waals surface area (Å²) < 4.78 is 9.49. The molecule has 8 nitrogen and oxygen atoms in total. The summed E-state index contributed by atoms with van der Waals surface area (Å²) in [6.45, 7) is 2.29. The molecule has 2 aromatic heterocycles. The van der Waals surface area contributed by atoms with Gasteiger partial charge in [-0.15, -0.1) is 0 Å². The maximum absolute atomic E-state index is 12.4. The van der Waals surface area contributed by atoms with E-state index < -0.39 is 17.4 Å². The Morgan fingerprint density at radius 3 is 2.50 bits per heavy atom. The van der Waals surface area contributed by atoms with Gasteiger partial charge in [-0.25, -0.2) is 9.78 Å². The Kier molecular flexibility index (Phi) is 4.94. The Hall–Kier alpha value is -2.87. The van der Waals surface area contributed by atoms with Gasteiger partial charge in [0.1, 0.15) is 18.5 Å². The number of aliphatic hydroxyl groups is 1. The van der Waals surface area contributed by atoms with E-state index in [4.69, 9.17) is 4.74 Å². The average Bonchev–Trinajstić information content (AvgIpc) is 3.07. The van der Waals surface area contributed by atoms with Crippen molar-refractivity contribution in [3.63, 3.8) is 0 Å². The summed E-state index contributed by atoms with van der Waals surface area (Å²) in [6, 6.07) is 7.69.